The number of benzene rings is 2. The molecule has 9 heteroatoms. The van der Waals surface area contributed by atoms with Gasteiger partial charge in [0.05, 0.1) is 59.9 Å². The van der Waals surface area contributed by atoms with Crippen LogP contribution in [0, 0.1) is 23.7 Å². The van der Waals surface area contributed by atoms with E-state index in [0.717, 1.165) is 28.2 Å². The molecule has 3 aliphatic rings. The summed E-state index contributed by atoms with van der Waals surface area (Å²) in [6, 6.07) is 25.2. The van der Waals surface area contributed by atoms with Crippen LogP contribution in [-0.2, 0) is 37.9 Å². The Labute approximate surface area is 327 Å². The van der Waals surface area contributed by atoms with Crippen molar-refractivity contribution in [3.63, 3.8) is 0 Å². The number of carbonyl (C=O) groups excluding carboxylic acids is 2. The molecule has 0 aliphatic carbocycles. The maximum Gasteiger partial charge on any atom is 0.341 e. The molecule has 2 N–H and O–H groups in total. The van der Waals surface area contributed by atoms with E-state index in [1.54, 1.807) is 21.0 Å². The first-order valence-corrected chi connectivity index (χ1v) is 19.0. The summed E-state index contributed by atoms with van der Waals surface area (Å²) < 4.78 is 17.5. The fraction of sp³-hybridized carbons (Fsp3) is 0.319. The van der Waals surface area contributed by atoms with Gasteiger partial charge in [-0.1, -0.05) is 87.8 Å². The summed E-state index contributed by atoms with van der Waals surface area (Å²) in [5, 5.41) is 0. The number of nitrogens with zero attached hydrogens (tertiary/aromatic N) is 2. The minimum absolute atomic E-state index is 0.180. The Morgan fingerprint density at radius 1 is 0.786 bits per heavy atom. The van der Waals surface area contributed by atoms with Crippen LogP contribution in [-0.4, -0.2) is 52.2 Å². The summed E-state index contributed by atoms with van der Waals surface area (Å²) in [6.07, 6.45) is 1.12. The molecule has 2 unspecified atom stereocenters. The molecule has 0 saturated heterocycles. The summed E-state index contributed by atoms with van der Waals surface area (Å²) in [5.74, 6) is 11.4. The van der Waals surface area contributed by atoms with Gasteiger partial charge >= 0.3 is 11.9 Å². The summed E-state index contributed by atoms with van der Waals surface area (Å²) in [7, 11) is 1.58. The predicted molar refractivity (Wildman–Crippen MR) is 216 cm³/mol. The van der Waals surface area contributed by atoms with Crippen LogP contribution in [0.1, 0.15) is 115 Å². The summed E-state index contributed by atoms with van der Waals surface area (Å²) in [4.78, 5) is 45.4. The molecule has 0 spiro atoms. The smallest absolute Gasteiger partial charge is 0.341 e. The number of fused-ring (bicyclic) bond motifs is 8. The van der Waals surface area contributed by atoms with Crippen molar-refractivity contribution in [1.82, 2.24) is 19.9 Å². The van der Waals surface area contributed by atoms with Crippen LogP contribution in [0.4, 0.5) is 0 Å². The van der Waals surface area contributed by atoms with E-state index in [-0.39, 0.29) is 30.2 Å². The lowest BCUT2D eigenvalue weighted by atomic mass is 9.84. The van der Waals surface area contributed by atoms with Crippen molar-refractivity contribution in [2.45, 2.75) is 77.0 Å². The molecule has 2 atom stereocenters. The normalized spacial score (nSPS) is 17.0. The van der Waals surface area contributed by atoms with Crippen LogP contribution in [0.5, 0.6) is 5.75 Å². The molecule has 5 heterocycles. The van der Waals surface area contributed by atoms with Crippen molar-refractivity contribution in [1.29, 1.82) is 0 Å². The molecule has 284 valence electrons. The lowest BCUT2D eigenvalue weighted by molar-refractivity contribution is -0.145. The second-order valence-electron chi connectivity index (χ2n) is 15.4. The molecule has 56 heavy (non-hydrogen) atoms. The minimum atomic E-state index is -0.759. The van der Waals surface area contributed by atoms with Gasteiger partial charge in [-0.25, -0.2) is 4.79 Å². The Morgan fingerprint density at radius 2 is 1.46 bits per heavy atom. The molecule has 0 fully saturated rings. The van der Waals surface area contributed by atoms with Crippen molar-refractivity contribution in [3.8, 4) is 29.4 Å². The Balaban J connectivity index is 1.60. The molecular formula is C47H46N4O5. The number of hydrogen-bond acceptors (Lipinski definition) is 7. The van der Waals surface area contributed by atoms with Gasteiger partial charge in [0, 0.05) is 45.5 Å². The number of carbonyl (C=O) groups is 2. The van der Waals surface area contributed by atoms with E-state index < -0.39 is 23.2 Å². The molecule has 0 saturated carbocycles. The maximum atomic E-state index is 14.0. The zero-order valence-electron chi connectivity index (χ0n) is 32.9. The second kappa shape index (κ2) is 15.4. The van der Waals surface area contributed by atoms with E-state index in [1.165, 1.54) is 0 Å². The summed E-state index contributed by atoms with van der Waals surface area (Å²) in [5.41, 5.74) is 6.94. The minimum Gasteiger partial charge on any atom is -0.493 e. The largest absolute Gasteiger partial charge is 0.493 e. The highest BCUT2D eigenvalue weighted by Gasteiger charge is 2.40. The van der Waals surface area contributed by atoms with Gasteiger partial charge in [0.25, 0.3) is 0 Å². The van der Waals surface area contributed by atoms with Gasteiger partial charge in [-0.15, -0.1) is 0 Å². The Morgan fingerprint density at radius 3 is 2.12 bits per heavy atom. The third-order valence-electron chi connectivity index (χ3n) is 10.3. The van der Waals surface area contributed by atoms with Crippen LogP contribution >= 0.6 is 0 Å². The van der Waals surface area contributed by atoms with Crippen molar-refractivity contribution in [2.75, 3.05) is 20.3 Å². The average Bonchev–Trinajstić information content (AvgIpc) is 3.87. The molecular weight excluding hydrogens is 701 g/mol. The summed E-state index contributed by atoms with van der Waals surface area (Å²) >= 11 is 0. The van der Waals surface area contributed by atoms with Crippen LogP contribution < -0.4 is 4.74 Å². The molecule has 9 nitrogen and oxygen atoms in total. The topological polar surface area (TPSA) is 119 Å². The van der Waals surface area contributed by atoms with Gasteiger partial charge in [-0.2, -0.15) is 0 Å². The van der Waals surface area contributed by atoms with Crippen LogP contribution in [0.15, 0.2) is 78.9 Å². The molecule has 2 aromatic heterocycles. The van der Waals surface area contributed by atoms with Crippen molar-refractivity contribution in [3.05, 3.63) is 135 Å². The lowest BCUT2D eigenvalue weighted by Gasteiger charge is -2.17. The first kappa shape index (κ1) is 38.0. The molecule has 0 radical (unpaired) electrons. The zero-order valence-corrected chi connectivity index (χ0v) is 32.9. The standard InChI is InChI=1S/C47H46N4O5/c1-8-55-44(52)40-32(22-20-29-16-12-10-13-17-29)34-25-39-47(5,6)28-37(50-39)43(54-7)42-41(45(53)56-9-2)33(23-21-30-18-14-11-15-19-30)35(51-42)26-38-46(3,4)27-31(48-38)24-36(40)49-34/h10-19,24-26,32,40,48,51H,8-9,27-28H2,1-7H3. The zero-order chi connectivity index (χ0) is 39.6. The average molecular weight is 747 g/mol. The Bertz CT molecular complexity index is 2510. The van der Waals surface area contributed by atoms with Gasteiger partial charge in [0.2, 0.25) is 0 Å². The first-order chi connectivity index (χ1) is 26.9. The van der Waals surface area contributed by atoms with Gasteiger partial charge in [0.1, 0.15) is 11.5 Å². The first-order valence-electron chi connectivity index (χ1n) is 19.0. The highest BCUT2D eigenvalue weighted by molar-refractivity contribution is 6.05. The predicted octanol–water partition coefficient (Wildman–Crippen LogP) is 8.15. The van der Waals surface area contributed by atoms with E-state index in [2.05, 4.69) is 61.3 Å². The van der Waals surface area contributed by atoms with E-state index in [4.69, 9.17) is 24.2 Å². The highest BCUT2D eigenvalue weighted by Crippen LogP contribution is 2.42. The number of aromatic amines is 2. The maximum absolute atomic E-state index is 14.0. The summed E-state index contributed by atoms with van der Waals surface area (Å²) in [6.45, 7) is 12.5. The SMILES string of the molecule is CCOC(=O)c1c(C#Cc2ccccc2)c2cc3[nH]c(cc4nc(cc5nc(c(OC)c1[nH]2)CC5(C)C)C(C#Cc1ccccc1)C4C(=O)OCC)CC3(C)C. The third kappa shape index (κ3) is 7.50. The number of hydrogen-bond donors (Lipinski definition) is 2. The highest BCUT2D eigenvalue weighted by atomic mass is 16.5. The van der Waals surface area contributed by atoms with Crippen molar-refractivity contribution >= 4 is 23.0 Å². The van der Waals surface area contributed by atoms with Gasteiger partial charge in [-0.3, -0.25) is 14.8 Å². The van der Waals surface area contributed by atoms with Gasteiger partial charge < -0.3 is 24.2 Å². The molecule has 8 bridgehead atoms. The number of nitrogens with one attached hydrogen (secondary N) is 2. The van der Waals surface area contributed by atoms with Gasteiger partial charge in [-0.05, 0) is 62.7 Å². The second-order valence-corrected chi connectivity index (χ2v) is 15.4. The van der Waals surface area contributed by atoms with E-state index >= 15 is 0 Å². The van der Waals surface area contributed by atoms with Crippen LogP contribution in [0.25, 0.3) is 11.0 Å². The van der Waals surface area contributed by atoms with Crippen LogP contribution in [0.2, 0.25) is 0 Å². The Kier molecular flexibility index (Phi) is 10.5. The number of esters is 2. The van der Waals surface area contributed by atoms with E-state index in [0.29, 0.717) is 52.3 Å². The third-order valence-corrected chi connectivity index (χ3v) is 10.3. The Hall–Kier alpha value is -6.32. The lowest BCUT2D eigenvalue weighted by Crippen LogP contribution is -2.19. The molecule has 2 aromatic carbocycles. The number of methoxy groups -OCH3 is 1. The molecule has 4 aromatic rings. The number of aromatic nitrogens is 4. The monoisotopic (exact) mass is 746 g/mol. The fourth-order valence-corrected chi connectivity index (χ4v) is 7.50. The fourth-order valence-electron chi connectivity index (χ4n) is 7.50. The number of ether oxygens (including phenoxy) is 3. The number of rotatable bonds is 5. The quantitative estimate of drug-likeness (QED) is 0.156. The van der Waals surface area contributed by atoms with E-state index in [1.807, 2.05) is 78.9 Å². The van der Waals surface area contributed by atoms with Crippen molar-refractivity contribution in [2.24, 2.45) is 0 Å². The molecule has 3 aliphatic heterocycles. The van der Waals surface area contributed by atoms with Crippen molar-refractivity contribution < 1.29 is 23.8 Å². The van der Waals surface area contributed by atoms with Crippen LogP contribution in [0.3, 0.4) is 0 Å². The molecule has 7 rings (SSSR count). The van der Waals surface area contributed by atoms with E-state index in [9.17, 15) is 9.59 Å². The number of H-pyrrole nitrogens is 2. The van der Waals surface area contributed by atoms with Gasteiger partial charge in [0.15, 0.2) is 5.75 Å². The molecule has 0 amide bonds.